The van der Waals surface area contributed by atoms with Crippen LogP contribution in [0.4, 0.5) is 0 Å². The Balaban J connectivity index is 2.35. The fourth-order valence-corrected chi connectivity index (χ4v) is 1.67. The third-order valence-corrected chi connectivity index (χ3v) is 2.77. The number of carbonyl (C=O) groups excluding carboxylic acids is 2. The summed E-state index contributed by atoms with van der Waals surface area (Å²) in [5, 5.41) is 2.82. The third-order valence-electron chi connectivity index (χ3n) is 2.77. The highest BCUT2D eigenvalue weighted by Crippen LogP contribution is 2.12. The van der Waals surface area contributed by atoms with Crippen molar-refractivity contribution >= 4 is 17.9 Å². The molecule has 0 fully saturated rings. The van der Waals surface area contributed by atoms with Gasteiger partial charge >= 0.3 is 0 Å². The van der Waals surface area contributed by atoms with Crippen molar-refractivity contribution in [3.8, 4) is 5.75 Å². The molecule has 0 spiro atoms. The molecule has 2 amide bonds. The van der Waals surface area contributed by atoms with Crippen LogP contribution in [0.25, 0.3) is 6.08 Å². The summed E-state index contributed by atoms with van der Waals surface area (Å²) in [5.41, 5.74) is 5.87. The molecule has 0 aliphatic carbocycles. The van der Waals surface area contributed by atoms with Crippen LogP contribution < -0.4 is 15.8 Å². The number of benzene rings is 1. The van der Waals surface area contributed by atoms with Crippen LogP contribution in [0.1, 0.15) is 12.0 Å². The van der Waals surface area contributed by atoms with Gasteiger partial charge in [0.1, 0.15) is 5.75 Å². The number of primary amides is 1. The van der Waals surface area contributed by atoms with Crippen molar-refractivity contribution in [3.05, 3.63) is 35.9 Å². The molecular weight excluding hydrogens is 282 g/mol. The zero-order valence-electron chi connectivity index (χ0n) is 13.0. The summed E-state index contributed by atoms with van der Waals surface area (Å²) in [7, 11) is 4.00. The van der Waals surface area contributed by atoms with Gasteiger partial charge in [0, 0.05) is 12.6 Å². The molecule has 0 radical (unpaired) electrons. The van der Waals surface area contributed by atoms with E-state index in [0.29, 0.717) is 12.3 Å². The van der Waals surface area contributed by atoms with Gasteiger partial charge < -0.3 is 20.7 Å². The molecule has 0 aliphatic heterocycles. The standard InChI is InChI=1S/C16H23N3O3/c1-19(2)11-3-10-18-16(21)9-6-13-4-7-14(8-5-13)22-12-15(17)20/h4-9H,3,10-12H2,1-2H3,(H2,17,20)(H,18,21)/b9-6+. The Kier molecular flexibility index (Phi) is 7.70. The maximum Gasteiger partial charge on any atom is 0.255 e. The van der Waals surface area contributed by atoms with Crippen LogP contribution in [0.2, 0.25) is 0 Å². The molecule has 0 unspecified atom stereocenters. The van der Waals surface area contributed by atoms with Crippen LogP contribution in [-0.2, 0) is 9.59 Å². The summed E-state index contributed by atoms with van der Waals surface area (Å²) in [4.78, 5) is 24.3. The number of nitrogens with one attached hydrogen (secondary N) is 1. The lowest BCUT2D eigenvalue weighted by molar-refractivity contribution is -0.120. The first-order valence-corrected chi connectivity index (χ1v) is 7.09. The molecule has 3 N–H and O–H groups in total. The molecule has 1 rings (SSSR count). The number of hydrogen-bond donors (Lipinski definition) is 2. The zero-order chi connectivity index (χ0) is 16.4. The fraction of sp³-hybridized carbons (Fsp3) is 0.375. The zero-order valence-corrected chi connectivity index (χ0v) is 13.0. The van der Waals surface area contributed by atoms with E-state index in [0.717, 1.165) is 18.5 Å². The van der Waals surface area contributed by atoms with Crippen molar-refractivity contribution in [2.45, 2.75) is 6.42 Å². The quantitative estimate of drug-likeness (QED) is 0.518. The average molecular weight is 305 g/mol. The predicted octanol–water partition coefficient (Wildman–Crippen LogP) is 0.632. The Morgan fingerprint density at radius 3 is 2.55 bits per heavy atom. The smallest absolute Gasteiger partial charge is 0.255 e. The second-order valence-corrected chi connectivity index (χ2v) is 5.11. The summed E-state index contributed by atoms with van der Waals surface area (Å²) in [6.07, 6.45) is 4.13. The van der Waals surface area contributed by atoms with Crippen molar-refractivity contribution in [2.24, 2.45) is 5.73 Å². The van der Waals surface area contributed by atoms with Crippen LogP contribution in [0.3, 0.4) is 0 Å². The minimum atomic E-state index is -0.519. The van der Waals surface area contributed by atoms with Gasteiger partial charge in [0.05, 0.1) is 0 Å². The van der Waals surface area contributed by atoms with Gasteiger partial charge in [-0.3, -0.25) is 9.59 Å². The molecule has 0 bridgehead atoms. The van der Waals surface area contributed by atoms with Crippen LogP contribution >= 0.6 is 0 Å². The number of nitrogens with zero attached hydrogens (tertiary/aromatic N) is 1. The monoisotopic (exact) mass is 305 g/mol. The second kappa shape index (κ2) is 9.57. The van der Waals surface area contributed by atoms with Gasteiger partial charge in [-0.05, 0) is 50.8 Å². The van der Waals surface area contributed by atoms with E-state index < -0.39 is 5.91 Å². The number of ether oxygens (including phenoxy) is 1. The summed E-state index contributed by atoms with van der Waals surface area (Å²) < 4.78 is 5.15. The lowest BCUT2D eigenvalue weighted by Crippen LogP contribution is -2.25. The number of rotatable bonds is 9. The van der Waals surface area contributed by atoms with Crippen molar-refractivity contribution < 1.29 is 14.3 Å². The average Bonchev–Trinajstić information content (AvgIpc) is 2.48. The van der Waals surface area contributed by atoms with E-state index in [9.17, 15) is 9.59 Å². The van der Waals surface area contributed by atoms with E-state index >= 15 is 0 Å². The lowest BCUT2D eigenvalue weighted by atomic mass is 10.2. The maximum absolute atomic E-state index is 11.6. The van der Waals surface area contributed by atoms with E-state index in [4.69, 9.17) is 10.5 Å². The minimum Gasteiger partial charge on any atom is -0.484 e. The molecule has 0 saturated carbocycles. The summed E-state index contributed by atoms with van der Waals surface area (Å²) in [6, 6.07) is 7.04. The molecule has 0 aromatic heterocycles. The summed E-state index contributed by atoms with van der Waals surface area (Å²) in [5.74, 6) is -0.0770. The third kappa shape index (κ3) is 8.06. The van der Waals surface area contributed by atoms with E-state index in [1.54, 1.807) is 30.3 Å². The second-order valence-electron chi connectivity index (χ2n) is 5.11. The largest absolute Gasteiger partial charge is 0.484 e. The summed E-state index contributed by atoms with van der Waals surface area (Å²) >= 11 is 0. The molecule has 0 atom stereocenters. The van der Waals surface area contributed by atoms with Gasteiger partial charge in [0.15, 0.2) is 6.61 Å². The van der Waals surface area contributed by atoms with Gasteiger partial charge in [-0.15, -0.1) is 0 Å². The predicted molar refractivity (Wildman–Crippen MR) is 86.3 cm³/mol. The van der Waals surface area contributed by atoms with E-state index in [-0.39, 0.29) is 12.5 Å². The van der Waals surface area contributed by atoms with Crippen LogP contribution in [-0.4, -0.2) is 50.5 Å². The number of nitrogens with two attached hydrogens (primary N) is 1. The van der Waals surface area contributed by atoms with Crippen LogP contribution in [0, 0.1) is 0 Å². The highest BCUT2D eigenvalue weighted by Gasteiger charge is 1.98. The first-order valence-electron chi connectivity index (χ1n) is 7.09. The van der Waals surface area contributed by atoms with Crippen LogP contribution in [0.5, 0.6) is 5.75 Å². The molecule has 1 aromatic carbocycles. The Labute approximate surface area is 130 Å². The highest BCUT2D eigenvalue weighted by molar-refractivity contribution is 5.91. The van der Waals surface area contributed by atoms with E-state index in [1.165, 1.54) is 6.08 Å². The molecule has 6 nitrogen and oxygen atoms in total. The maximum atomic E-state index is 11.6. The Hall–Kier alpha value is -2.34. The van der Waals surface area contributed by atoms with Crippen molar-refractivity contribution in [2.75, 3.05) is 33.8 Å². The Morgan fingerprint density at radius 2 is 1.95 bits per heavy atom. The normalized spacial score (nSPS) is 10.9. The SMILES string of the molecule is CN(C)CCCNC(=O)/C=C/c1ccc(OCC(N)=O)cc1. The lowest BCUT2D eigenvalue weighted by Gasteiger charge is -2.08. The molecule has 1 aromatic rings. The Morgan fingerprint density at radius 1 is 1.27 bits per heavy atom. The van der Waals surface area contributed by atoms with Gasteiger partial charge in [0.2, 0.25) is 5.91 Å². The first-order chi connectivity index (χ1) is 10.5. The number of hydrogen-bond acceptors (Lipinski definition) is 4. The fourth-order valence-electron chi connectivity index (χ4n) is 1.67. The highest BCUT2D eigenvalue weighted by atomic mass is 16.5. The summed E-state index contributed by atoms with van der Waals surface area (Å²) in [6.45, 7) is 1.45. The van der Waals surface area contributed by atoms with Gasteiger partial charge in [-0.1, -0.05) is 12.1 Å². The molecule has 120 valence electrons. The minimum absolute atomic E-state index is 0.118. The van der Waals surface area contributed by atoms with Gasteiger partial charge in [0.25, 0.3) is 5.91 Å². The Bertz CT molecular complexity index is 510. The molecule has 6 heteroatoms. The topological polar surface area (TPSA) is 84.7 Å². The van der Waals surface area contributed by atoms with E-state index in [2.05, 4.69) is 10.2 Å². The molecule has 0 saturated heterocycles. The van der Waals surface area contributed by atoms with Gasteiger partial charge in [-0.2, -0.15) is 0 Å². The molecule has 0 aliphatic rings. The number of carbonyl (C=O) groups is 2. The number of amides is 2. The van der Waals surface area contributed by atoms with E-state index in [1.807, 2.05) is 14.1 Å². The van der Waals surface area contributed by atoms with Gasteiger partial charge in [-0.25, -0.2) is 0 Å². The molecular formula is C16H23N3O3. The van der Waals surface area contributed by atoms with Crippen molar-refractivity contribution in [1.82, 2.24) is 10.2 Å². The van der Waals surface area contributed by atoms with Crippen molar-refractivity contribution in [3.63, 3.8) is 0 Å². The molecule has 22 heavy (non-hydrogen) atoms. The first kappa shape index (κ1) is 17.7. The molecule has 0 heterocycles. The van der Waals surface area contributed by atoms with Crippen molar-refractivity contribution in [1.29, 1.82) is 0 Å². The van der Waals surface area contributed by atoms with Crippen LogP contribution in [0.15, 0.2) is 30.3 Å².